The van der Waals surface area contributed by atoms with E-state index < -0.39 is 0 Å². The van der Waals surface area contributed by atoms with Crippen molar-refractivity contribution in [2.75, 3.05) is 13.7 Å². The maximum atomic E-state index is 5.73. The van der Waals surface area contributed by atoms with Crippen LogP contribution in [0.5, 0.6) is 5.75 Å². The molecule has 4 nitrogen and oxygen atoms in total. The van der Waals surface area contributed by atoms with E-state index in [2.05, 4.69) is 36.6 Å². The number of fused-ring (bicyclic) bond motifs is 1. The highest BCUT2D eigenvalue weighted by Crippen LogP contribution is 2.32. The van der Waals surface area contributed by atoms with Crippen LogP contribution in [0.2, 0.25) is 0 Å². The first-order valence-electron chi connectivity index (χ1n) is 7.96. The van der Waals surface area contributed by atoms with Crippen LogP contribution in [-0.2, 0) is 6.54 Å². The van der Waals surface area contributed by atoms with Crippen LogP contribution in [0.15, 0.2) is 36.4 Å². The molecule has 0 unspecified atom stereocenters. The number of para-hydroxylation sites is 1. The molecule has 0 spiro atoms. The van der Waals surface area contributed by atoms with Crippen molar-refractivity contribution in [3.63, 3.8) is 0 Å². The third-order valence-corrected chi connectivity index (χ3v) is 4.30. The normalized spacial score (nSPS) is 11.1. The highest BCUT2D eigenvalue weighted by Gasteiger charge is 2.16. The Hall–Kier alpha value is -2.33. The molecular formula is C19H23N3O. The molecule has 0 radical (unpaired) electrons. The molecular weight excluding hydrogens is 286 g/mol. The van der Waals surface area contributed by atoms with E-state index in [1.54, 1.807) is 7.11 Å². The van der Waals surface area contributed by atoms with Crippen molar-refractivity contribution in [1.29, 1.82) is 0 Å². The van der Waals surface area contributed by atoms with Crippen molar-refractivity contribution >= 4 is 11.0 Å². The molecule has 23 heavy (non-hydrogen) atoms. The van der Waals surface area contributed by atoms with E-state index in [9.17, 15) is 0 Å². The monoisotopic (exact) mass is 309 g/mol. The number of methoxy groups -OCH3 is 1. The van der Waals surface area contributed by atoms with Crippen LogP contribution in [0.1, 0.15) is 17.5 Å². The Morgan fingerprint density at radius 2 is 1.87 bits per heavy atom. The van der Waals surface area contributed by atoms with Crippen LogP contribution in [0.3, 0.4) is 0 Å². The lowest BCUT2D eigenvalue weighted by atomic mass is 10.1. The van der Waals surface area contributed by atoms with Gasteiger partial charge in [0.1, 0.15) is 11.6 Å². The number of ether oxygens (including phenoxy) is 1. The van der Waals surface area contributed by atoms with Gasteiger partial charge in [0.05, 0.1) is 23.7 Å². The van der Waals surface area contributed by atoms with E-state index in [0.717, 1.165) is 41.1 Å². The summed E-state index contributed by atoms with van der Waals surface area (Å²) in [5.74, 6) is 1.78. The van der Waals surface area contributed by atoms with Crippen molar-refractivity contribution in [2.24, 2.45) is 5.73 Å². The average molecular weight is 309 g/mol. The molecule has 0 aliphatic carbocycles. The lowest BCUT2D eigenvalue weighted by Crippen LogP contribution is -2.07. The van der Waals surface area contributed by atoms with E-state index in [0.29, 0.717) is 6.54 Å². The Kier molecular flexibility index (Phi) is 4.35. The molecule has 0 bridgehead atoms. The largest absolute Gasteiger partial charge is 0.496 e. The number of aryl methyl sites for hydroxylation is 3. The second kappa shape index (κ2) is 6.42. The van der Waals surface area contributed by atoms with E-state index >= 15 is 0 Å². The lowest BCUT2D eigenvalue weighted by Gasteiger charge is -2.12. The van der Waals surface area contributed by atoms with E-state index in [4.69, 9.17) is 15.5 Å². The minimum Gasteiger partial charge on any atom is -0.496 e. The molecule has 4 heteroatoms. The summed E-state index contributed by atoms with van der Waals surface area (Å²) < 4.78 is 7.78. The van der Waals surface area contributed by atoms with Gasteiger partial charge >= 0.3 is 0 Å². The van der Waals surface area contributed by atoms with Crippen LogP contribution in [0.25, 0.3) is 22.4 Å². The molecule has 3 aromatic rings. The molecule has 0 atom stereocenters. The maximum absolute atomic E-state index is 5.73. The fourth-order valence-electron chi connectivity index (χ4n) is 2.89. The first-order chi connectivity index (χ1) is 11.2. The van der Waals surface area contributed by atoms with Gasteiger partial charge in [0, 0.05) is 6.54 Å². The summed E-state index contributed by atoms with van der Waals surface area (Å²) in [6.45, 7) is 5.77. The summed E-state index contributed by atoms with van der Waals surface area (Å²) in [5, 5.41) is 0. The van der Waals surface area contributed by atoms with Gasteiger partial charge in [-0.1, -0.05) is 12.1 Å². The molecule has 0 amide bonds. The van der Waals surface area contributed by atoms with Gasteiger partial charge in [-0.15, -0.1) is 0 Å². The van der Waals surface area contributed by atoms with Crippen molar-refractivity contribution in [1.82, 2.24) is 9.55 Å². The molecule has 0 saturated heterocycles. The highest BCUT2D eigenvalue weighted by atomic mass is 16.5. The zero-order valence-electron chi connectivity index (χ0n) is 14.0. The Balaban J connectivity index is 2.26. The first kappa shape index (κ1) is 15.6. The van der Waals surface area contributed by atoms with Crippen LogP contribution in [0.4, 0.5) is 0 Å². The fraction of sp³-hybridized carbons (Fsp3) is 0.316. The van der Waals surface area contributed by atoms with Crippen molar-refractivity contribution in [3.8, 4) is 17.1 Å². The second-order valence-corrected chi connectivity index (χ2v) is 5.85. The third kappa shape index (κ3) is 2.82. The standard InChI is InChI=1S/C19H23N3O/c1-13-11-16-17(12-14(13)2)22(10-6-9-20)19(21-16)15-7-4-5-8-18(15)23-3/h4-5,7-8,11-12H,6,9-10,20H2,1-3H3. The molecule has 2 aromatic carbocycles. The Bertz CT molecular complexity index is 836. The van der Waals surface area contributed by atoms with Gasteiger partial charge in [-0.3, -0.25) is 0 Å². The summed E-state index contributed by atoms with van der Waals surface area (Å²) >= 11 is 0. The predicted octanol–water partition coefficient (Wildman–Crippen LogP) is 3.68. The molecule has 0 saturated carbocycles. The average Bonchev–Trinajstić information content (AvgIpc) is 2.90. The molecule has 2 N–H and O–H groups in total. The van der Waals surface area contributed by atoms with Crippen molar-refractivity contribution in [2.45, 2.75) is 26.8 Å². The molecule has 0 aliphatic heterocycles. The summed E-state index contributed by atoms with van der Waals surface area (Å²) in [5.41, 5.74) is 11.4. The summed E-state index contributed by atoms with van der Waals surface area (Å²) in [6, 6.07) is 12.4. The smallest absolute Gasteiger partial charge is 0.144 e. The second-order valence-electron chi connectivity index (χ2n) is 5.85. The maximum Gasteiger partial charge on any atom is 0.144 e. The minimum absolute atomic E-state index is 0.663. The number of hydrogen-bond donors (Lipinski definition) is 1. The number of imidazole rings is 1. The number of aromatic nitrogens is 2. The number of nitrogens with two attached hydrogens (primary N) is 1. The van der Waals surface area contributed by atoms with E-state index in [1.807, 2.05) is 18.2 Å². The van der Waals surface area contributed by atoms with Crippen LogP contribution in [0, 0.1) is 13.8 Å². The third-order valence-electron chi connectivity index (χ3n) is 4.30. The van der Waals surface area contributed by atoms with Gasteiger partial charge in [0.25, 0.3) is 0 Å². The summed E-state index contributed by atoms with van der Waals surface area (Å²) in [7, 11) is 1.69. The van der Waals surface area contributed by atoms with Gasteiger partial charge in [0.2, 0.25) is 0 Å². The Labute approximate surface area is 136 Å². The summed E-state index contributed by atoms with van der Waals surface area (Å²) in [6.07, 6.45) is 0.917. The fourth-order valence-corrected chi connectivity index (χ4v) is 2.89. The van der Waals surface area contributed by atoms with Gasteiger partial charge in [0.15, 0.2) is 0 Å². The molecule has 1 heterocycles. The molecule has 0 aliphatic rings. The molecule has 0 fully saturated rings. The zero-order chi connectivity index (χ0) is 16.4. The number of hydrogen-bond acceptors (Lipinski definition) is 3. The van der Waals surface area contributed by atoms with Crippen LogP contribution in [-0.4, -0.2) is 23.2 Å². The van der Waals surface area contributed by atoms with Gasteiger partial charge < -0.3 is 15.0 Å². The minimum atomic E-state index is 0.663. The topological polar surface area (TPSA) is 53.1 Å². The van der Waals surface area contributed by atoms with Crippen molar-refractivity contribution in [3.05, 3.63) is 47.5 Å². The number of benzene rings is 2. The van der Waals surface area contributed by atoms with Crippen molar-refractivity contribution < 1.29 is 4.74 Å². The Morgan fingerprint density at radius 3 is 2.61 bits per heavy atom. The molecule has 1 aromatic heterocycles. The first-order valence-corrected chi connectivity index (χ1v) is 7.96. The number of nitrogens with zero attached hydrogens (tertiary/aromatic N) is 2. The van der Waals surface area contributed by atoms with Crippen LogP contribution < -0.4 is 10.5 Å². The Morgan fingerprint density at radius 1 is 1.13 bits per heavy atom. The van der Waals surface area contributed by atoms with E-state index in [1.165, 1.54) is 11.1 Å². The van der Waals surface area contributed by atoms with E-state index in [-0.39, 0.29) is 0 Å². The highest BCUT2D eigenvalue weighted by molar-refractivity contribution is 5.83. The quantitative estimate of drug-likeness (QED) is 0.782. The van der Waals surface area contributed by atoms with Gasteiger partial charge in [-0.05, 0) is 62.2 Å². The lowest BCUT2D eigenvalue weighted by molar-refractivity contribution is 0.416. The zero-order valence-corrected chi connectivity index (χ0v) is 14.0. The molecule has 120 valence electrons. The SMILES string of the molecule is COc1ccccc1-c1nc2cc(C)c(C)cc2n1CCCN. The van der Waals surface area contributed by atoms with Crippen LogP contribution >= 0.6 is 0 Å². The number of rotatable bonds is 5. The summed E-state index contributed by atoms with van der Waals surface area (Å²) in [4.78, 5) is 4.89. The predicted molar refractivity (Wildman–Crippen MR) is 94.9 cm³/mol. The molecule has 3 rings (SSSR count). The van der Waals surface area contributed by atoms with Gasteiger partial charge in [-0.25, -0.2) is 4.98 Å². The van der Waals surface area contributed by atoms with Gasteiger partial charge in [-0.2, -0.15) is 0 Å².